The first-order valence-electron chi connectivity index (χ1n) is 4.95. The largest absolute Gasteiger partial charge is 0.326 e. The van der Waals surface area contributed by atoms with Gasteiger partial charge in [-0.3, -0.25) is 4.79 Å². The molecule has 0 spiro atoms. The number of benzene rings is 1. The number of carbonyl (C=O) groups excluding carboxylic acids is 1. The molecule has 1 amide bonds. The molecule has 3 heteroatoms. The van der Waals surface area contributed by atoms with Crippen molar-refractivity contribution in [1.82, 2.24) is 0 Å². The quantitative estimate of drug-likeness (QED) is 0.765. The van der Waals surface area contributed by atoms with E-state index in [9.17, 15) is 4.79 Å². The van der Waals surface area contributed by atoms with Crippen LogP contribution in [0.25, 0.3) is 6.08 Å². The average molecular weight is 222 g/mol. The van der Waals surface area contributed by atoms with Gasteiger partial charge in [-0.05, 0) is 29.7 Å². The molecule has 1 aromatic carbocycles. The van der Waals surface area contributed by atoms with E-state index in [1.54, 1.807) is 0 Å². The number of nitrogens with one attached hydrogen (secondary N) is 1. The Balaban J connectivity index is 2.26. The summed E-state index contributed by atoms with van der Waals surface area (Å²) in [7, 11) is 0. The number of rotatable bonds is 2. The van der Waals surface area contributed by atoms with Crippen molar-refractivity contribution in [3.63, 3.8) is 0 Å². The molecule has 2 rings (SSSR count). The van der Waals surface area contributed by atoms with Crippen molar-refractivity contribution >= 4 is 29.3 Å². The van der Waals surface area contributed by atoms with E-state index in [0.29, 0.717) is 12.3 Å². The van der Waals surface area contributed by atoms with E-state index in [0.717, 1.165) is 17.7 Å². The molecule has 1 aliphatic rings. The highest BCUT2D eigenvalue weighted by molar-refractivity contribution is 6.19. The van der Waals surface area contributed by atoms with Crippen LogP contribution >= 0.6 is 11.6 Å². The smallest absolute Gasteiger partial charge is 0.224 e. The van der Waals surface area contributed by atoms with Crippen LogP contribution in [0.2, 0.25) is 0 Å². The molecular weight excluding hydrogens is 210 g/mol. The topological polar surface area (TPSA) is 29.1 Å². The summed E-state index contributed by atoms with van der Waals surface area (Å²) in [5.41, 5.74) is 3.27. The molecule has 78 valence electrons. The number of hydrogen-bond acceptors (Lipinski definition) is 1. The van der Waals surface area contributed by atoms with Crippen LogP contribution in [0.15, 0.2) is 24.3 Å². The summed E-state index contributed by atoms with van der Waals surface area (Å²) in [6, 6.07) is 6.02. The third-order valence-electron chi connectivity index (χ3n) is 2.42. The predicted molar refractivity (Wildman–Crippen MR) is 63.1 cm³/mol. The predicted octanol–water partition coefficient (Wildman–Crippen LogP) is 2.82. The number of fused-ring (bicyclic) bond motifs is 1. The average Bonchev–Trinajstić information content (AvgIpc) is 2.26. The zero-order chi connectivity index (χ0) is 10.7. The summed E-state index contributed by atoms with van der Waals surface area (Å²) in [6.07, 6.45) is 5.30. The van der Waals surface area contributed by atoms with Crippen molar-refractivity contribution < 1.29 is 4.79 Å². The van der Waals surface area contributed by atoms with Gasteiger partial charge in [-0.15, -0.1) is 11.6 Å². The lowest BCUT2D eigenvalue weighted by Gasteiger charge is -2.16. The van der Waals surface area contributed by atoms with Crippen LogP contribution in [0.5, 0.6) is 0 Å². The lowest BCUT2D eigenvalue weighted by atomic mass is 10.0. The summed E-state index contributed by atoms with van der Waals surface area (Å²) in [5.74, 6) is 0.625. The second-order valence-corrected chi connectivity index (χ2v) is 3.83. The number of alkyl halides is 1. The Labute approximate surface area is 93.9 Å². The van der Waals surface area contributed by atoms with Crippen molar-refractivity contribution in [1.29, 1.82) is 0 Å². The fraction of sp³-hybridized carbons (Fsp3) is 0.250. The fourth-order valence-corrected chi connectivity index (χ4v) is 1.78. The first-order chi connectivity index (χ1) is 7.29. The minimum absolute atomic E-state index is 0.103. The Morgan fingerprint density at radius 2 is 2.27 bits per heavy atom. The van der Waals surface area contributed by atoms with Crippen molar-refractivity contribution in [3.05, 3.63) is 35.4 Å². The Hall–Kier alpha value is -1.28. The standard InChI is InChI=1S/C12H12ClNO/c13-7-1-2-9-3-5-11-10(8-9)4-6-12(15)14-11/h1-3,5,8H,4,6-7H2,(H,14,15)/b2-1+. The van der Waals surface area contributed by atoms with Crippen molar-refractivity contribution in [2.24, 2.45) is 0 Å². The van der Waals surface area contributed by atoms with Gasteiger partial charge in [-0.2, -0.15) is 0 Å². The lowest BCUT2D eigenvalue weighted by molar-refractivity contribution is -0.116. The maximum Gasteiger partial charge on any atom is 0.224 e. The fourth-order valence-electron chi connectivity index (χ4n) is 1.69. The summed E-state index contributed by atoms with van der Waals surface area (Å²) in [4.78, 5) is 11.1. The SMILES string of the molecule is O=C1CCc2cc(/C=C/CCl)ccc2N1. The molecule has 0 fully saturated rings. The Bertz CT molecular complexity index is 412. The summed E-state index contributed by atoms with van der Waals surface area (Å²) in [6.45, 7) is 0. The lowest BCUT2D eigenvalue weighted by Crippen LogP contribution is -2.18. The molecule has 0 bridgehead atoms. The molecule has 1 aromatic rings. The van der Waals surface area contributed by atoms with E-state index in [4.69, 9.17) is 11.6 Å². The number of anilines is 1. The normalized spacial score (nSPS) is 15.1. The molecule has 1 N–H and O–H groups in total. The van der Waals surface area contributed by atoms with Crippen LogP contribution in [-0.2, 0) is 11.2 Å². The zero-order valence-electron chi connectivity index (χ0n) is 8.29. The minimum Gasteiger partial charge on any atom is -0.326 e. The van der Waals surface area contributed by atoms with E-state index in [1.165, 1.54) is 5.56 Å². The molecule has 0 unspecified atom stereocenters. The number of carbonyl (C=O) groups is 1. The third-order valence-corrected chi connectivity index (χ3v) is 2.60. The molecule has 2 nitrogen and oxygen atoms in total. The van der Waals surface area contributed by atoms with E-state index >= 15 is 0 Å². The van der Waals surface area contributed by atoms with Crippen molar-refractivity contribution in [2.75, 3.05) is 11.2 Å². The van der Waals surface area contributed by atoms with Crippen LogP contribution in [-0.4, -0.2) is 11.8 Å². The van der Waals surface area contributed by atoms with Crippen molar-refractivity contribution in [2.45, 2.75) is 12.8 Å². The van der Waals surface area contributed by atoms with E-state index in [-0.39, 0.29) is 5.91 Å². The van der Waals surface area contributed by atoms with E-state index in [1.807, 2.05) is 24.3 Å². The number of amides is 1. The Morgan fingerprint density at radius 1 is 1.40 bits per heavy atom. The van der Waals surface area contributed by atoms with Crippen LogP contribution in [0.4, 0.5) is 5.69 Å². The summed E-state index contributed by atoms with van der Waals surface area (Å²) in [5, 5.41) is 2.85. The van der Waals surface area contributed by atoms with E-state index in [2.05, 4.69) is 11.4 Å². The van der Waals surface area contributed by atoms with Gasteiger partial charge >= 0.3 is 0 Å². The molecule has 1 heterocycles. The maximum atomic E-state index is 11.1. The molecule has 0 saturated carbocycles. The van der Waals surface area contributed by atoms with Gasteiger partial charge in [0.2, 0.25) is 5.91 Å². The highest BCUT2D eigenvalue weighted by Crippen LogP contribution is 2.23. The Morgan fingerprint density at radius 3 is 3.07 bits per heavy atom. The monoisotopic (exact) mass is 221 g/mol. The van der Waals surface area contributed by atoms with Crippen LogP contribution < -0.4 is 5.32 Å². The molecule has 0 saturated heterocycles. The first kappa shape index (κ1) is 10.2. The number of halogens is 1. The second kappa shape index (κ2) is 4.49. The van der Waals surface area contributed by atoms with Gasteiger partial charge in [0.1, 0.15) is 0 Å². The molecule has 0 aromatic heterocycles. The van der Waals surface area contributed by atoms with Gasteiger partial charge in [0.25, 0.3) is 0 Å². The molecular formula is C12H12ClNO. The second-order valence-electron chi connectivity index (χ2n) is 3.52. The highest BCUT2D eigenvalue weighted by atomic mass is 35.5. The van der Waals surface area contributed by atoms with Crippen LogP contribution in [0.1, 0.15) is 17.5 Å². The summed E-state index contributed by atoms with van der Waals surface area (Å²) < 4.78 is 0. The maximum absolute atomic E-state index is 11.1. The Kier molecular flexibility index (Phi) is 3.07. The molecule has 0 radical (unpaired) electrons. The van der Waals surface area contributed by atoms with Gasteiger partial charge in [-0.1, -0.05) is 18.2 Å². The van der Waals surface area contributed by atoms with Gasteiger partial charge in [0.05, 0.1) is 0 Å². The molecule has 15 heavy (non-hydrogen) atoms. The van der Waals surface area contributed by atoms with Gasteiger partial charge in [0, 0.05) is 18.0 Å². The van der Waals surface area contributed by atoms with Gasteiger partial charge in [-0.25, -0.2) is 0 Å². The zero-order valence-corrected chi connectivity index (χ0v) is 9.05. The van der Waals surface area contributed by atoms with E-state index < -0.39 is 0 Å². The van der Waals surface area contributed by atoms with Crippen LogP contribution in [0, 0.1) is 0 Å². The minimum atomic E-state index is 0.103. The van der Waals surface area contributed by atoms with Gasteiger partial charge in [0.15, 0.2) is 0 Å². The number of allylic oxidation sites excluding steroid dienone is 1. The molecule has 0 aliphatic carbocycles. The molecule has 1 aliphatic heterocycles. The number of hydrogen-bond donors (Lipinski definition) is 1. The third kappa shape index (κ3) is 2.39. The molecule has 0 atom stereocenters. The summed E-state index contributed by atoms with van der Waals surface area (Å²) >= 11 is 5.57. The van der Waals surface area contributed by atoms with Crippen LogP contribution in [0.3, 0.4) is 0 Å². The van der Waals surface area contributed by atoms with Crippen molar-refractivity contribution in [3.8, 4) is 0 Å². The number of aryl methyl sites for hydroxylation is 1. The first-order valence-corrected chi connectivity index (χ1v) is 5.48. The highest BCUT2D eigenvalue weighted by Gasteiger charge is 2.13. The van der Waals surface area contributed by atoms with Gasteiger partial charge < -0.3 is 5.32 Å².